The number of nitrogens with one attached hydrogen (secondary N) is 1. The van der Waals surface area contributed by atoms with E-state index in [9.17, 15) is 4.79 Å². The van der Waals surface area contributed by atoms with Gasteiger partial charge in [-0.2, -0.15) is 0 Å². The van der Waals surface area contributed by atoms with Crippen molar-refractivity contribution < 1.29 is 10.1 Å². The van der Waals surface area contributed by atoms with Crippen molar-refractivity contribution in [3.63, 3.8) is 0 Å². The molecule has 1 aromatic carbocycles. The Bertz CT molecular complexity index is 537. The van der Waals surface area contributed by atoms with Crippen molar-refractivity contribution >= 4 is 40.7 Å². The number of halogens is 3. The van der Waals surface area contributed by atoms with Crippen molar-refractivity contribution in [2.45, 2.75) is 62.5 Å². The lowest BCUT2D eigenvalue weighted by Crippen LogP contribution is -3.03. The fourth-order valence-corrected chi connectivity index (χ4v) is 2.42. The molecular weight excluding hydrogens is 355 g/mol. The van der Waals surface area contributed by atoms with Gasteiger partial charge in [0.1, 0.15) is 0 Å². The van der Waals surface area contributed by atoms with E-state index in [1.54, 1.807) is 12.1 Å². The number of carbonyl (C=O) groups is 1. The van der Waals surface area contributed by atoms with Crippen molar-refractivity contribution in [3.05, 3.63) is 35.4 Å². The van der Waals surface area contributed by atoms with Crippen LogP contribution in [0.25, 0.3) is 0 Å². The van der Waals surface area contributed by atoms with Crippen molar-refractivity contribution in [3.8, 4) is 0 Å². The molecule has 0 unspecified atom stereocenters. The summed E-state index contributed by atoms with van der Waals surface area (Å²) in [6.45, 7) is 12.3. The predicted octanol–water partition coefficient (Wildman–Crippen LogP) is 3.77. The summed E-state index contributed by atoms with van der Waals surface area (Å²) in [5.74, 6) is -0.262. The smallest absolute Gasteiger partial charge is 0.262 e. The van der Waals surface area contributed by atoms with Crippen LogP contribution in [0.1, 0.15) is 57.5 Å². The molecule has 0 saturated carbocycles. The lowest BCUT2D eigenvalue weighted by molar-refractivity contribution is -0.749. The number of hydrogen-bond acceptors (Lipinski definition) is 1. The van der Waals surface area contributed by atoms with Gasteiger partial charge in [0.05, 0.1) is 5.54 Å². The van der Waals surface area contributed by atoms with Gasteiger partial charge in [-0.25, -0.2) is 0 Å². The Labute approximate surface area is 154 Å². The average molecular weight is 381 g/mol. The van der Waals surface area contributed by atoms with Crippen molar-refractivity contribution in [2.24, 2.45) is 0 Å². The Hall–Kier alpha value is -0.480. The van der Waals surface area contributed by atoms with Gasteiger partial charge in [0.2, 0.25) is 6.17 Å². The summed E-state index contributed by atoms with van der Waals surface area (Å²) in [6.07, 6.45) is -0.678. The molecule has 0 bridgehead atoms. The van der Waals surface area contributed by atoms with Crippen LogP contribution in [0.3, 0.4) is 0 Å². The Morgan fingerprint density at radius 1 is 1.00 bits per heavy atom. The largest absolute Gasteiger partial charge is 0.319 e. The second-order valence-corrected chi connectivity index (χ2v) is 10.2. The van der Waals surface area contributed by atoms with E-state index in [0.29, 0.717) is 5.56 Å². The maximum absolute atomic E-state index is 12.4. The van der Waals surface area contributed by atoms with Gasteiger partial charge in [-0.1, -0.05) is 67.7 Å². The van der Waals surface area contributed by atoms with Crippen LogP contribution < -0.4 is 10.6 Å². The minimum Gasteiger partial charge on any atom is -0.319 e. The number of carbonyl (C=O) groups excluding carboxylic acids is 1. The number of quaternary nitrogens is 1. The minimum absolute atomic E-state index is 0.0368. The molecule has 0 aliphatic carbocycles. The molecular formula is C17H26Cl3N2O+. The van der Waals surface area contributed by atoms with Gasteiger partial charge in [0.25, 0.3) is 9.70 Å². The van der Waals surface area contributed by atoms with Crippen molar-refractivity contribution in [1.82, 2.24) is 5.32 Å². The zero-order chi connectivity index (χ0) is 18.1. The summed E-state index contributed by atoms with van der Waals surface area (Å²) in [4.78, 5) is 12.4. The first-order chi connectivity index (χ1) is 10.2. The van der Waals surface area contributed by atoms with E-state index in [4.69, 9.17) is 34.8 Å². The molecule has 3 nitrogen and oxygen atoms in total. The highest BCUT2D eigenvalue weighted by atomic mass is 35.6. The molecule has 130 valence electrons. The Balaban J connectivity index is 2.91. The van der Waals surface area contributed by atoms with Crippen LogP contribution in [0.4, 0.5) is 0 Å². The monoisotopic (exact) mass is 379 g/mol. The zero-order valence-electron chi connectivity index (χ0n) is 14.5. The molecule has 0 radical (unpaired) electrons. The molecule has 0 fully saturated rings. The standard InChI is InChI=1S/C17H25Cl3N2O/c1-15(2,3)12-9-7-11(8-10-12)13(23)21-14(17(18,19)20)22-16(4,5)6/h7-10,14,22H,1-6H3,(H,21,23)/p+1/t14-/m1/s1. The molecule has 23 heavy (non-hydrogen) atoms. The first kappa shape index (κ1) is 20.6. The quantitative estimate of drug-likeness (QED) is 0.608. The van der Waals surface area contributed by atoms with Crippen molar-refractivity contribution in [2.75, 3.05) is 0 Å². The van der Waals surface area contributed by atoms with Crippen LogP contribution in [-0.4, -0.2) is 21.4 Å². The van der Waals surface area contributed by atoms with E-state index in [2.05, 4.69) is 26.1 Å². The van der Waals surface area contributed by atoms with Gasteiger partial charge < -0.3 is 5.32 Å². The lowest BCUT2D eigenvalue weighted by Gasteiger charge is -2.29. The molecule has 0 saturated heterocycles. The number of benzene rings is 1. The van der Waals surface area contributed by atoms with Gasteiger partial charge in [0.15, 0.2) is 0 Å². The molecule has 0 aromatic heterocycles. The van der Waals surface area contributed by atoms with Gasteiger partial charge in [0, 0.05) is 5.56 Å². The third-order valence-electron chi connectivity index (χ3n) is 3.32. The fourth-order valence-electron chi connectivity index (χ4n) is 2.06. The number of alkyl halides is 3. The first-order valence-electron chi connectivity index (χ1n) is 7.54. The normalized spacial score (nSPS) is 14.5. The highest BCUT2D eigenvalue weighted by Crippen LogP contribution is 2.28. The summed E-state index contributed by atoms with van der Waals surface area (Å²) in [7, 11) is 0. The number of amides is 1. The maximum atomic E-state index is 12.4. The first-order valence-corrected chi connectivity index (χ1v) is 8.68. The summed E-state index contributed by atoms with van der Waals surface area (Å²) in [6, 6.07) is 7.49. The molecule has 1 atom stereocenters. The number of nitrogens with two attached hydrogens (primary N) is 1. The fraction of sp³-hybridized carbons (Fsp3) is 0.588. The van der Waals surface area contributed by atoms with E-state index in [1.165, 1.54) is 0 Å². The van der Waals surface area contributed by atoms with Crippen molar-refractivity contribution in [1.29, 1.82) is 0 Å². The zero-order valence-corrected chi connectivity index (χ0v) is 16.8. The second-order valence-electron chi connectivity index (χ2n) is 7.85. The third kappa shape index (κ3) is 6.88. The van der Waals surface area contributed by atoms with Crippen LogP contribution >= 0.6 is 34.8 Å². The molecule has 0 aliphatic heterocycles. The predicted molar refractivity (Wildman–Crippen MR) is 98.4 cm³/mol. The number of hydrogen-bond donors (Lipinski definition) is 2. The van der Waals surface area contributed by atoms with E-state index in [-0.39, 0.29) is 16.9 Å². The molecule has 1 aromatic rings. The van der Waals surface area contributed by atoms with Crippen LogP contribution in [0.2, 0.25) is 0 Å². The van der Waals surface area contributed by atoms with Gasteiger partial charge >= 0.3 is 0 Å². The molecule has 0 aliphatic rings. The molecule has 6 heteroatoms. The molecule has 1 amide bonds. The summed E-state index contributed by atoms with van der Waals surface area (Å²) in [5.41, 5.74) is 1.54. The van der Waals surface area contributed by atoms with Crippen LogP contribution in [0.5, 0.6) is 0 Å². The van der Waals surface area contributed by atoms with Gasteiger partial charge in [-0.05, 0) is 43.9 Å². The van der Waals surface area contributed by atoms with Gasteiger partial charge in [-0.15, -0.1) is 0 Å². The third-order valence-corrected chi connectivity index (χ3v) is 4.02. The van der Waals surface area contributed by atoms with E-state index in [0.717, 1.165) is 5.56 Å². The van der Waals surface area contributed by atoms with E-state index >= 15 is 0 Å². The lowest BCUT2D eigenvalue weighted by atomic mass is 9.87. The SMILES string of the molecule is CC(C)(C)[NH2+][C@@H](NC(=O)c1ccc(C(C)(C)C)cc1)C(Cl)(Cl)Cl. The topological polar surface area (TPSA) is 45.7 Å². The summed E-state index contributed by atoms with van der Waals surface area (Å²) >= 11 is 18.0. The summed E-state index contributed by atoms with van der Waals surface area (Å²) in [5, 5.41) is 4.63. The van der Waals surface area contributed by atoms with Crippen LogP contribution in [-0.2, 0) is 5.41 Å². The Morgan fingerprint density at radius 3 is 1.83 bits per heavy atom. The average Bonchev–Trinajstić information content (AvgIpc) is 2.34. The number of rotatable bonds is 3. The molecule has 0 heterocycles. The maximum Gasteiger partial charge on any atom is 0.262 e. The van der Waals surface area contributed by atoms with E-state index in [1.807, 2.05) is 38.2 Å². The highest BCUT2D eigenvalue weighted by Gasteiger charge is 2.40. The Kier molecular flexibility index (Phi) is 6.42. The summed E-state index contributed by atoms with van der Waals surface area (Å²) < 4.78 is -1.60. The molecule has 1 rings (SSSR count). The second kappa shape index (κ2) is 7.18. The van der Waals surface area contributed by atoms with E-state index < -0.39 is 9.96 Å². The van der Waals surface area contributed by atoms with Crippen LogP contribution in [0, 0.1) is 0 Å². The molecule has 3 N–H and O–H groups in total. The van der Waals surface area contributed by atoms with Gasteiger partial charge in [-0.3, -0.25) is 10.1 Å². The highest BCUT2D eigenvalue weighted by molar-refractivity contribution is 6.68. The molecule has 0 spiro atoms. The minimum atomic E-state index is -1.60. The Morgan fingerprint density at radius 2 is 1.48 bits per heavy atom. The van der Waals surface area contributed by atoms with Crippen LogP contribution in [0.15, 0.2) is 24.3 Å².